The van der Waals surface area contributed by atoms with Crippen molar-refractivity contribution < 1.29 is 0 Å². The third-order valence-corrected chi connectivity index (χ3v) is 4.95. The molecule has 0 spiro atoms. The third kappa shape index (κ3) is 3.56. The smallest absolute Gasteiger partial charge is 0.115 e. The number of nitrogens with one attached hydrogen (secondary N) is 1. The molecule has 0 fully saturated rings. The van der Waals surface area contributed by atoms with E-state index in [4.69, 9.17) is 18.0 Å². The Labute approximate surface area is 136 Å². The Hall–Kier alpha value is -0.980. The fraction of sp³-hybridized carbons (Fsp3) is 0.286. The highest BCUT2D eigenvalue weighted by Gasteiger charge is 2.13. The van der Waals surface area contributed by atoms with Gasteiger partial charge >= 0.3 is 0 Å². The van der Waals surface area contributed by atoms with Gasteiger partial charge in [0, 0.05) is 26.8 Å². The number of anilines is 1. The number of nitrogens with two attached hydrogens (primary N) is 1. The topological polar surface area (TPSA) is 50.9 Å². The minimum atomic E-state index is 0.114. The Morgan fingerprint density at radius 3 is 2.90 bits per heavy atom. The van der Waals surface area contributed by atoms with E-state index < -0.39 is 0 Å². The van der Waals surface area contributed by atoms with Crippen LogP contribution in [0.5, 0.6) is 0 Å². The largest absolute Gasteiger partial charge is 0.389 e. The summed E-state index contributed by atoms with van der Waals surface area (Å²) in [6.07, 6.45) is 2.95. The Bertz CT molecular complexity index is 625. The molecule has 3 N–H and O–H groups in total. The van der Waals surface area contributed by atoms with Gasteiger partial charge < -0.3 is 11.1 Å². The predicted molar refractivity (Wildman–Crippen MR) is 93.6 cm³/mol. The van der Waals surface area contributed by atoms with Crippen molar-refractivity contribution in [1.29, 1.82) is 0 Å². The first-order valence-electron chi connectivity index (χ1n) is 6.31. The van der Waals surface area contributed by atoms with Crippen molar-refractivity contribution in [3.8, 4) is 0 Å². The Morgan fingerprint density at radius 1 is 1.55 bits per heavy atom. The maximum absolute atomic E-state index is 5.77. The summed E-state index contributed by atoms with van der Waals surface area (Å²) in [5, 5.41) is 4.50. The second-order valence-electron chi connectivity index (χ2n) is 4.44. The Kier molecular flexibility index (Phi) is 5.12. The van der Waals surface area contributed by atoms with Crippen LogP contribution in [-0.2, 0) is 6.42 Å². The van der Waals surface area contributed by atoms with Gasteiger partial charge in [-0.2, -0.15) is 0 Å². The molecule has 1 aromatic heterocycles. The van der Waals surface area contributed by atoms with E-state index >= 15 is 0 Å². The van der Waals surface area contributed by atoms with Gasteiger partial charge in [-0.25, -0.2) is 4.98 Å². The fourth-order valence-electron chi connectivity index (χ4n) is 1.83. The molecule has 0 saturated carbocycles. The summed E-state index contributed by atoms with van der Waals surface area (Å²) < 4.78 is 0.987. The summed E-state index contributed by atoms with van der Waals surface area (Å²) in [6, 6.07) is 5.95. The normalized spacial score (nSPS) is 12.2. The van der Waals surface area contributed by atoms with E-state index in [2.05, 4.69) is 40.1 Å². The molecule has 0 bridgehead atoms. The van der Waals surface area contributed by atoms with Crippen LogP contribution >= 0.6 is 39.5 Å². The number of nitrogens with zero attached hydrogens (tertiary/aromatic N) is 1. The van der Waals surface area contributed by atoms with Gasteiger partial charge in [-0.15, -0.1) is 11.3 Å². The summed E-state index contributed by atoms with van der Waals surface area (Å²) in [6.45, 7) is 4.22. The lowest BCUT2D eigenvalue weighted by molar-refractivity contribution is 0.869. The molecule has 3 nitrogen and oxygen atoms in total. The van der Waals surface area contributed by atoms with E-state index in [0.29, 0.717) is 4.99 Å². The molecule has 1 aromatic carbocycles. The van der Waals surface area contributed by atoms with E-state index in [1.165, 1.54) is 4.88 Å². The highest BCUT2D eigenvalue weighted by molar-refractivity contribution is 9.10. The lowest BCUT2D eigenvalue weighted by Gasteiger charge is -2.16. The molecule has 1 atom stereocenters. The molecule has 0 aliphatic rings. The summed E-state index contributed by atoms with van der Waals surface area (Å²) in [7, 11) is 0. The van der Waals surface area contributed by atoms with Gasteiger partial charge in [0.1, 0.15) is 10.00 Å². The van der Waals surface area contributed by atoms with E-state index in [1.807, 2.05) is 24.4 Å². The molecule has 0 amide bonds. The van der Waals surface area contributed by atoms with Crippen LogP contribution < -0.4 is 11.1 Å². The molecular weight excluding hydrogens is 354 g/mol. The van der Waals surface area contributed by atoms with Gasteiger partial charge in [0.05, 0.1) is 6.04 Å². The standard InChI is InChI=1S/C14H16BrN3S2/c1-3-10-7-17-14(20-10)8(2)18-12-6-9(15)4-5-11(12)13(16)19/h4-8,18H,3H2,1-2H3,(H2,16,19). The van der Waals surface area contributed by atoms with Crippen LogP contribution in [0, 0.1) is 0 Å². The van der Waals surface area contributed by atoms with Gasteiger partial charge in [0.2, 0.25) is 0 Å². The molecule has 2 rings (SSSR count). The highest BCUT2D eigenvalue weighted by Crippen LogP contribution is 2.28. The van der Waals surface area contributed by atoms with Crippen molar-refractivity contribution >= 4 is 50.2 Å². The zero-order chi connectivity index (χ0) is 14.7. The number of thiazole rings is 1. The van der Waals surface area contributed by atoms with Crippen LogP contribution in [-0.4, -0.2) is 9.97 Å². The van der Waals surface area contributed by atoms with Gasteiger partial charge in [0.25, 0.3) is 0 Å². The predicted octanol–water partition coefficient (Wildman–Crippen LogP) is 4.28. The Balaban J connectivity index is 2.24. The van der Waals surface area contributed by atoms with Crippen LogP contribution in [0.1, 0.15) is 35.3 Å². The quantitative estimate of drug-likeness (QED) is 0.772. The Morgan fingerprint density at radius 2 is 2.30 bits per heavy atom. The first-order chi connectivity index (χ1) is 9.51. The average molecular weight is 370 g/mol. The van der Waals surface area contributed by atoms with Crippen LogP contribution in [0.25, 0.3) is 0 Å². The first-order valence-corrected chi connectivity index (χ1v) is 8.33. The lowest BCUT2D eigenvalue weighted by atomic mass is 10.1. The summed E-state index contributed by atoms with van der Waals surface area (Å²) >= 11 is 10.3. The second kappa shape index (κ2) is 6.65. The number of hydrogen-bond acceptors (Lipinski definition) is 4. The van der Waals surface area contributed by atoms with Gasteiger partial charge in [0.15, 0.2) is 0 Å². The van der Waals surface area contributed by atoms with Crippen molar-refractivity contribution in [3.63, 3.8) is 0 Å². The zero-order valence-corrected chi connectivity index (χ0v) is 14.5. The minimum absolute atomic E-state index is 0.114. The molecule has 0 saturated heterocycles. The molecule has 6 heteroatoms. The number of benzene rings is 1. The first kappa shape index (κ1) is 15.4. The number of aryl methyl sites for hydroxylation is 1. The van der Waals surface area contributed by atoms with Crippen LogP contribution in [0.3, 0.4) is 0 Å². The maximum Gasteiger partial charge on any atom is 0.115 e. The van der Waals surface area contributed by atoms with Crippen molar-refractivity contribution in [3.05, 3.63) is 44.3 Å². The number of halogens is 1. The third-order valence-electron chi connectivity index (χ3n) is 2.91. The molecule has 0 aliphatic heterocycles. The van der Waals surface area contributed by atoms with E-state index in [9.17, 15) is 0 Å². The molecule has 20 heavy (non-hydrogen) atoms. The zero-order valence-electron chi connectivity index (χ0n) is 11.3. The number of rotatable bonds is 5. The van der Waals surface area contributed by atoms with Gasteiger partial charge in [-0.1, -0.05) is 35.1 Å². The number of aromatic nitrogens is 1. The molecule has 0 aliphatic carbocycles. The fourth-order valence-corrected chi connectivity index (χ4v) is 3.23. The van der Waals surface area contributed by atoms with Crippen molar-refractivity contribution in [1.82, 2.24) is 4.98 Å². The van der Waals surface area contributed by atoms with Crippen LogP contribution in [0.2, 0.25) is 0 Å². The summed E-state index contributed by atoms with van der Waals surface area (Å²) in [5.74, 6) is 0. The molecule has 106 valence electrons. The average Bonchev–Trinajstić information content (AvgIpc) is 2.87. The van der Waals surface area contributed by atoms with Crippen molar-refractivity contribution in [2.75, 3.05) is 5.32 Å². The maximum atomic E-state index is 5.77. The SMILES string of the molecule is CCc1cnc(C(C)Nc2cc(Br)ccc2C(N)=S)s1. The number of hydrogen-bond donors (Lipinski definition) is 2. The molecule has 2 aromatic rings. The molecule has 1 heterocycles. The summed E-state index contributed by atoms with van der Waals surface area (Å²) in [4.78, 5) is 6.14. The van der Waals surface area contributed by atoms with Gasteiger partial charge in [-0.3, -0.25) is 0 Å². The van der Waals surface area contributed by atoms with Crippen molar-refractivity contribution in [2.45, 2.75) is 26.3 Å². The molecule has 0 radical (unpaired) electrons. The van der Waals surface area contributed by atoms with Crippen LogP contribution in [0.15, 0.2) is 28.9 Å². The second-order valence-corrected chi connectivity index (χ2v) is 6.94. The van der Waals surface area contributed by atoms with E-state index in [-0.39, 0.29) is 6.04 Å². The van der Waals surface area contributed by atoms with E-state index in [1.54, 1.807) is 11.3 Å². The molecular formula is C14H16BrN3S2. The monoisotopic (exact) mass is 369 g/mol. The highest BCUT2D eigenvalue weighted by atomic mass is 79.9. The van der Waals surface area contributed by atoms with E-state index in [0.717, 1.165) is 27.2 Å². The lowest BCUT2D eigenvalue weighted by Crippen LogP contribution is -2.15. The minimum Gasteiger partial charge on any atom is -0.389 e. The van der Waals surface area contributed by atoms with Gasteiger partial charge in [-0.05, 0) is 31.5 Å². The van der Waals surface area contributed by atoms with Crippen molar-refractivity contribution in [2.24, 2.45) is 5.73 Å². The number of thiocarbonyl (C=S) groups is 1. The van der Waals surface area contributed by atoms with Crippen LogP contribution in [0.4, 0.5) is 5.69 Å². The summed E-state index contributed by atoms with van der Waals surface area (Å²) in [5.41, 5.74) is 7.54. The molecule has 1 unspecified atom stereocenters.